The van der Waals surface area contributed by atoms with E-state index in [4.69, 9.17) is 4.84 Å². The Morgan fingerprint density at radius 1 is 1.00 bits per heavy atom. The first-order chi connectivity index (χ1) is 13.0. The molecule has 0 unspecified atom stereocenters. The van der Waals surface area contributed by atoms with Gasteiger partial charge in [-0.25, -0.2) is 4.79 Å². The Bertz CT molecular complexity index is 1050. The van der Waals surface area contributed by atoms with Crippen LogP contribution in [0.2, 0.25) is 0 Å². The maximum atomic E-state index is 12.7. The van der Waals surface area contributed by atoms with Crippen LogP contribution in [0.5, 0.6) is 0 Å². The number of aryl methyl sites for hydroxylation is 1. The Hall–Kier alpha value is -3.74. The van der Waals surface area contributed by atoms with E-state index in [1.807, 2.05) is 17.6 Å². The van der Waals surface area contributed by atoms with Gasteiger partial charge in [0, 0.05) is 17.6 Å². The molecular formula is C20H15N3O4. The molecule has 3 aromatic rings. The first-order valence-electron chi connectivity index (χ1n) is 8.28. The number of amides is 2. The molecule has 1 aliphatic rings. The van der Waals surface area contributed by atoms with Crippen LogP contribution in [0.4, 0.5) is 0 Å². The summed E-state index contributed by atoms with van der Waals surface area (Å²) >= 11 is 0. The van der Waals surface area contributed by atoms with Gasteiger partial charge in [0.2, 0.25) is 0 Å². The molecule has 3 heterocycles. The third-order valence-electron chi connectivity index (χ3n) is 4.49. The molecule has 134 valence electrons. The normalized spacial score (nSPS) is 13.0. The van der Waals surface area contributed by atoms with E-state index in [0.717, 1.165) is 11.4 Å². The Balaban J connectivity index is 1.64. The Kier molecular flexibility index (Phi) is 3.84. The predicted octanol–water partition coefficient (Wildman–Crippen LogP) is 2.86. The first-order valence-corrected chi connectivity index (χ1v) is 8.28. The van der Waals surface area contributed by atoms with Gasteiger partial charge < -0.3 is 9.40 Å². The summed E-state index contributed by atoms with van der Waals surface area (Å²) in [5, 5.41) is 0.517. The lowest BCUT2D eigenvalue weighted by molar-refractivity contribution is -0.0585. The molecule has 2 aromatic heterocycles. The molecule has 1 aliphatic heterocycles. The third kappa shape index (κ3) is 2.60. The van der Waals surface area contributed by atoms with Crippen LogP contribution in [0.25, 0.3) is 5.69 Å². The van der Waals surface area contributed by atoms with Crippen molar-refractivity contribution in [3.8, 4) is 5.69 Å². The van der Waals surface area contributed by atoms with Crippen molar-refractivity contribution in [3.05, 3.63) is 82.9 Å². The maximum absolute atomic E-state index is 12.7. The predicted molar refractivity (Wildman–Crippen MR) is 95.4 cm³/mol. The molecule has 7 nitrogen and oxygen atoms in total. The van der Waals surface area contributed by atoms with Crippen molar-refractivity contribution in [1.82, 2.24) is 14.6 Å². The minimum absolute atomic E-state index is 0.219. The Labute approximate surface area is 154 Å². The molecule has 27 heavy (non-hydrogen) atoms. The molecule has 7 heteroatoms. The number of pyridine rings is 1. The van der Waals surface area contributed by atoms with Gasteiger partial charge in [-0.1, -0.05) is 17.2 Å². The highest BCUT2D eigenvalue weighted by Gasteiger charge is 2.39. The summed E-state index contributed by atoms with van der Waals surface area (Å²) in [6.45, 7) is 3.61. The van der Waals surface area contributed by atoms with Gasteiger partial charge in [-0.2, -0.15) is 0 Å². The lowest BCUT2D eigenvalue weighted by atomic mass is 10.1. The van der Waals surface area contributed by atoms with Gasteiger partial charge in [-0.05, 0) is 44.2 Å². The van der Waals surface area contributed by atoms with Crippen LogP contribution in [0.15, 0.2) is 54.9 Å². The number of carbonyl (C=O) groups excluding carboxylic acids is 3. The fourth-order valence-corrected chi connectivity index (χ4v) is 3.23. The second kappa shape index (κ2) is 6.21. The van der Waals surface area contributed by atoms with Crippen molar-refractivity contribution in [2.45, 2.75) is 13.8 Å². The summed E-state index contributed by atoms with van der Waals surface area (Å²) in [6.07, 6.45) is 3.34. The average Bonchev–Trinajstić information content (AvgIpc) is 3.11. The Morgan fingerprint density at radius 2 is 1.67 bits per heavy atom. The van der Waals surface area contributed by atoms with Gasteiger partial charge >= 0.3 is 5.97 Å². The van der Waals surface area contributed by atoms with E-state index in [1.165, 1.54) is 12.1 Å². The molecule has 0 atom stereocenters. The Morgan fingerprint density at radius 3 is 2.26 bits per heavy atom. The van der Waals surface area contributed by atoms with Crippen LogP contribution in [0, 0.1) is 13.8 Å². The number of aromatic nitrogens is 2. The van der Waals surface area contributed by atoms with Gasteiger partial charge in [0.15, 0.2) is 0 Å². The molecular weight excluding hydrogens is 346 g/mol. The van der Waals surface area contributed by atoms with Crippen molar-refractivity contribution in [2.75, 3.05) is 0 Å². The molecule has 0 saturated heterocycles. The second-order valence-corrected chi connectivity index (χ2v) is 6.16. The summed E-state index contributed by atoms with van der Waals surface area (Å²) in [7, 11) is 0. The lowest BCUT2D eigenvalue weighted by Gasteiger charge is -2.13. The van der Waals surface area contributed by atoms with E-state index in [1.54, 1.807) is 43.6 Å². The molecule has 0 saturated carbocycles. The SMILES string of the molecule is Cc1cc(C(=O)ON2C(=O)c3ccccc3C2=O)c(C)n1-c1cccnc1. The van der Waals surface area contributed by atoms with Crippen LogP contribution in [-0.4, -0.2) is 32.4 Å². The second-order valence-electron chi connectivity index (χ2n) is 6.16. The average molecular weight is 361 g/mol. The number of fused-ring (bicyclic) bond motifs is 1. The number of benzene rings is 1. The smallest absolute Gasteiger partial charge is 0.324 e. The van der Waals surface area contributed by atoms with Crippen LogP contribution in [0.3, 0.4) is 0 Å². The standard InChI is InChI=1S/C20H15N3O4/c1-12-10-17(13(2)22(12)14-6-5-9-21-11-14)20(26)27-23-18(24)15-7-3-4-8-16(15)19(23)25/h3-11H,1-2H3. The zero-order chi connectivity index (χ0) is 19.1. The van der Waals surface area contributed by atoms with Crippen LogP contribution >= 0.6 is 0 Å². The molecule has 2 amide bonds. The molecule has 0 radical (unpaired) electrons. The summed E-state index contributed by atoms with van der Waals surface area (Å²) in [5.74, 6) is -2.07. The summed E-state index contributed by atoms with van der Waals surface area (Å²) in [5.41, 5.74) is 2.93. The van der Waals surface area contributed by atoms with Crippen LogP contribution < -0.4 is 0 Å². The number of nitrogens with zero attached hydrogens (tertiary/aromatic N) is 3. The molecule has 0 aliphatic carbocycles. The van der Waals surface area contributed by atoms with E-state index < -0.39 is 17.8 Å². The highest BCUT2D eigenvalue weighted by atomic mass is 16.7. The van der Waals surface area contributed by atoms with E-state index in [9.17, 15) is 14.4 Å². The van der Waals surface area contributed by atoms with Crippen molar-refractivity contribution in [1.29, 1.82) is 0 Å². The fraction of sp³-hybridized carbons (Fsp3) is 0.100. The van der Waals surface area contributed by atoms with Crippen molar-refractivity contribution < 1.29 is 19.2 Å². The highest BCUT2D eigenvalue weighted by molar-refractivity contribution is 6.21. The van der Waals surface area contributed by atoms with Gasteiger partial charge in [0.1, 0.15) is 0 Å². The summed E-state index contributed by atoms with van der Waals surface area (Å²) in [4.78, 5) is 46.6. The van der Waals surface area contributed by atoms with E-state index in [2.05, 4.69) is 4.98 Å². The number of hydroxylamine groups is 2. The topological polar surface area (TPSA) is 81.5 Å². The number of hydrogen-bond acceptors (Lipinski definition) is 5. The van der Waals surface area contributed by atoms with Gasteiger partial charge in [0.05, 0.1) is 28.6 Å². The van der Waals surface area contributed by atoms with Crippen molar-refractivity contribution >= 4 is 17.8 Å². The zero-order valence-electron chi connectivity index (χ0n) is 14.7. The number of rotatable bonds is 3. The summed E-state index contributed by atoms with van der Waals surface area (Å²) < 4.78 is 1.85. The third-order valence-corrected chi connectivity index (χ3v) is 4.49. The number of imide groups is 1. The lowest BCUT2D eigenvalue weighted by Crippen LogP contribution is -2.32. The largest absolute Gasteiger partial charge is 0.365 e. The molecule has 1 aromatic carbocycles. The number of hydrogen-bond donors (Lipinski definition) is 0. The van der Waals surface area contributed by atoms with Crippen molar-refractivity contribution in [3.63, 3.8) is 0 Å². The van der Waals surface area contributed by atoms with Gasteiger partial charge in [-0.15, -0.1) is 0 Å². The monoisotopic (exact) mass is 361 g/mol. The minimum atomic E-state index is -0.771. The molecule has 0 fully saturated rings. The van der Waals surface area contributed by atoms with Crippen molar-refractivity contribution in [2.24, 2.45) is 0 Å². The number of carbonyl (C=O) groups is 3. The minimum Gasteiger partial charge on any atom is -0.324 e. The van der Waals surface area contributed by atoms with Gasteiger partial charge in [-0.3, -0.25) is 14.6 Å². The quantitative estimate of drug-likeness (QED) is 0.670. The highest BCUT2D eigenvalue weighted by Crippen LogP contribution is 2.25. The van der Waals surface area contributed by atoms with Crippen LogP contribution in [0.1, 0.15) is 42.5 Å². The van der Waals surface area contributed by atoms with E-state index >= 15 is 0 Å². The molecule has 0 N–H and O–H groups in total. The van der Waals surface area contributed by atoms with E-state index in [-0.39, 0.29) is 16.7 Å². The van der Waals surface area contributed by atoms with E-state index in [0.29, 0.717) is 10.8 Å². The fourth-order valence-electron chi connectivity index (χ4n) is 3.23. The zero-order valence-corrected chi connectivity index (χ0v) is 14.7. The van der Waals surface area contributed by atoms with Crippen LogP contribution in [-0.2, 0) is 4.84 Å². The molecule has 4 rings (SSSR count). The molecule has 0 bridgehead atoms. The van der Waals surface area contributed by atoms with Gasteiger partial charge in [0.25, 0.3) is 11.8 Å². The summed E-state index contributed by atoms with van der Waals surface area (Å²) in [6, 6.07) is 11.7. The maximum Gasteiger partial charge on any atom is 0.365 e. The molecule has 0 spiro atoms. The first kappa shape index (κ1) is 16.7.